The quantitative estimate of drug-likeness (QED) is 0.525. The Hall–Kier alpha value is -0.600. The van der Waals surface area contributed by atoms with E-state index >= 15 is 0 Å². The van der Waals surface area contributed by atoms with Crippen LogP contribution >= 0.6 is 0 Å². The molecule has 0 spiro atoms. The third kappa shape index (κ3) is 2.44. The van der Waals surface area contributed by atoms with Crippen LogP contribution in [0.15, 0.2) is 0 Å². The average Bonchev–Trinajstić information content (AvgIpc) is 1.65. The van der Waals surface area contributed by atoms with Gasteiger partial charge in [-0.15, -0.1) is 0 Å². The average molecular weight is 148 g/mol. The lowest BCUT2D eigenvalue weighted by Gasteiger charge is -2.05. The second-order valence-electron chi connectivity index (χ2n) is 1.70. The van der Waals surface area contributed by atoms with E-state index < -0.39 is 15.8 Å². The molecule has 0 amide bonds. The maximum absolute atomic E-state index is 10.6. The molecule has 0 fully saturated rings. The normalized spacial score (nSPS) is 11.3. The van der Waals surface area contributed by atoms with Gasteiger partial charge in [0.25, 0.3) is 0 Å². The van der Waals surface area contributed by atoms with Gasteiger partial charge in [-0.05, 0) is 0 Å². The molecule has 52 valence electrons. The maximum Gasteiger partial charge on any atom is 0.227 e. The molecule has 4 nitrogen and oxygen atoms in total. The molecule has 0 unspecified atom stereocenters. The Morgan fingerprint density at radius 1 is 1.56 bits per heavy atom. The summed E-state index contributed by atoms with van der Waals surface area (Å²) in [5.74, 6) is -0.444. The summed E-state index contributed by atoms with van der Waals surface area (Å²) < 4.78 is 22.3. The summed E-state index contributed by atoms with van der Waals surface area (Å²) in [6.07, 6.45) is 0. The minimum atomic E-state index is -3.28. The zero-order valence-electron chi connectivity index (χ0n) is 5.33. The van der Waals surface area contributed by atoms with Crippen LogP contribution in [0, 0.1) is 11.3 Å². The lowest BCUT2D eigenvalue weighted by molar-refractivity contribution is 0.524. The van der Waals surface area contributed by atoms with Crippen LogP contribution in [0.1, 0.15) is 0 Å². The summed E-state index contributed by atoms with van der Waals surface area (Å²) >= 11 is 0. The van der Waals surface area contributed by atoms with Crippen LogP contribution in [0.5, 0.6) is 0 Å². The van der Waals surface area contributed by atoms with Crippen molar-refractivity contribution in [2.24, 2.45) is 0 Å². The van der Waals surface area contributed by atoms with Gasteiger partial charge in [0, 0.05) is 14.1 Å². The molecule has 0 aliphatic carbocycles. The highest BCUT2D eigenvalue weighted by atomic mass is 32.2. The molecule has 0 N–H and O–H groups in total. The predicted octanol–water partition coefficient (Wildman–Crippen LogP) is -0.599. The molecule has 0 radical (unpaired) electrons. The van der Waals surface area contributed by atoms with E-state index in [-0.39, 0.29) is 0 Å². The van der Waals surface area contributed by atoms with Crippen molar-refractivity contribution in [3.05, 3.63) is 0 Å². The van der Waals surface area contributed by atoms with Gasteiger partial charge in [0.1, 0.15) is 0 Å². The highest BCUT2D eigenvalue weighted by Gasteiger charge is 2.11. The lowest BCUT2D eigenvalue weighted by atomic mass is 10.9. The van der Waals surface area contributed by atoms with Crippen molar-refractivity contribution in [3.8, 4) is 6.07 Å². The minimum absolute atomic E-state index is 0.444. The summed E-state index contributed by atoms with van der Waals surface area (Å²) in [5.41, 5.74) is 0. The van der Waals surface area contributed by atoms with E-state index in [1.54, 1.807) is 6.07 Å². The Morgan fingerprint density at radius 2 is 2.00 bits per heavy atom. The SMILES string of the molecule is CN(C)S(=O)(=O)CC#N. The van der Waals surface area contributed by atoms with Crippen molar-refractivity contribution < 1.29 is 8.42 Å². The molecule has 0 atom stereocenters. The van der Waals surface area contributed by atoms with Gasteiger partial charge >= 0.3 is 0 Å². The fourth-order valence-electron chi connectivity index (χ4n) is 0.211. The molecule has 0 aliphatic heterocycles. The second-order valence-corrected chi connectivity index (χ2v) is 3.88. The van der Waals surface area contributed by atoms with E-state index in [1.807, 2.05) is 0 Å². The standard InChI is InChI=1S/C4H8N2O2S/c1-6(2)9(7,8)4-3-5/h4H2,1-2H3. The first-order valence-electron chi connectivity index (χ1n) is 2.28. The number of rotatable bonds is 2. The monoisotopic (exact) mass is 148 g/mol. The van der Waals surface area contributed by atoms with Crippen LogP contribution in [0.4, 0.5) is 0 Å². The topological polar surface area (TPSA) is 61.2 Å². The molecule has 0 aromatic rings. The van der Waals surface area contributed by atoms with Gasteiger partial charge in [0.2, 0.25) is 10.0 Å². The molecular formula is C4H8N2O2S. The summed E-state index contributed by atoms with van der Waals surface area (Å²) in [5, 5.41) is 7.99. The molecule has 0 saturated heterocycles. The first-order valence-corrected chi connectivity index (χ1v) is 3.89. The van der Waals surface area contributed by atoms with Crippen molar-refractivity contribution in [1.29, 1.82) is 5.26 Å². The van der Waals surface area contributed by atoms with Gasteiger partial charge < -0.3 is 0 Å². The van der Waals surface area contributed by atoms with Gasteiger partial charge in [0.05, 0.1) is 6.07 Å². The van der Waals surface area contributed by atoms with Gasteiger partial charge in [-0.2, -0.15) is 5.26 Å². The van der Waals surface area contributed by atoms with Crippen molar-refractivity contribution >= 4 is 10.0 Å². The number of nitriles is 1. The Balaban J connectivity index is 4.28. The van der Waals surface area contributed by atoms with Gasteiger partial charge in [-0.1, -0.05) is 0 Å². The highest BCUT2D eigenvalue weighted by molar-refractivity contribution is 7.89. The van der Waals surface area contributed by atoms with E-state index in [9.17, 15) is 8.42 Å². The Kier molecular flexibility index (Phi) is 2.62. The van der Waals surface area contributed by atoms with Gasteiger partial charge in [-0.3, -0.25) is 0 Å². The molecule has 5 heteroatoms. The van der Waals surface area contributed by atoms with E-state index in [1.165, 1.54) is 14.1 Å². The van der Waals surface area contributed by atoms with Crippen molar-refractivity contribution in [2.75, 3.05) is 19.8 Å². The first-order chi connectivity index (χ1) is 4.00. The molecule has 9 heavy (non-hydrogen) atoms. The molecule has 0 saturated carbocycles. The zero-order valence-corrected chi connectivity index (χ0v) is 6.14. The van der Waals surface area contributed by atoms with Gasteiger partial charge in [-0.25, -0.2) is 12.7 Å². The maximum atomic E-state index is 10.6. The van der Waals surface area contributed by atoms with E-state index in [4.69, 9.17) is 5.26 Å². The molecular weight excluding hydrogens is 140 g/mol. The van der Waals surface area contributed by atoms with E-state index in [2.05, 4.69) is 0 Å². The van der Waals surface area contributed by atoms with Crippen molar-refractivity contribution in [2.45, 2.75) is 0 Å². The van der Waals surface area contributed by atoms with E-state index in [0.29, 0.717) is 0 Å². The summed E-state index contributed by atoms with van der Waals surface area (Å²) in [7, 11) is -0.485. The van der Waals surface area contributed by atoms with Crippen molar-refractivity contribution in [3.63, 3.8) is 0 Å². The molecule has 0 aromatic carbocycles. The smallest absolute Gasteiger partial charge is 0.211 e. The van der Waals surface area contributed by atoms with Crippen molar-refractivity contribution in [1.82, 2.24) is 4.31 Å². The lowest BCUT2D eigenvalue weighted by Crippen LogP contribution is -2.24. The fourth-order valence-corrected chi connectivity index (χ4v) is 0.632. The van der Waals surface area contributed by atoms with Crippen LogP contribution in [0.25, 0.3) is 0 Å². The highest BCUT2D eigenvalue weighted by Crippen LogP contribution is 1.90. The predicted molar refractivity (Wildman–Crippen MR) is 33.1 cm³/mol. The zero-order chi connectivity index (χ0) is 7.49. The largest absolute Gasteiger partial charge is 0.227 e. The molecule has 0 aliphatic rings. The number of nitrogens with zero attached hydrogens (tertiary/aromatic N) is 2. The summed E-state index contributed by atoms with van der Waals surface area (Å²) in [6, 6.07) is 1.56. The number of hydrogen-bond acceptors (Lipinski definition) is 3. The minimum Gasteiger partial charge on any atom is -0.211 e. The fraction of sp³-hybridized carbons (Fsp3) is 0.750. The third-order valence-corrected chi connectivity index (χ3v) is 2.41. The number of sulfonamides is 1. The third-order valence-electron chi connectivity index (χ3n) is 0.803. The van der Waals surface area contributed by atoms with Crippen LogP contribution < -0.4 is 0 Å². The molecule has 0 bridgehead atoms. The molecule has 0 aromatic heterocycles. The van der Waals surface area contributed by atoms with Crippen LogP contribution in [0.3, 0.4) is 0 Å². The second kappa shape index (κ2) is 2.80. The Labute approximate surface area is 54.7 Å². The summed E-state index contributed by atoms with van der Waals surface area (Å²) in [6.45, 7) is 0. The number of hydrogen-bond donors (Lipinski definition) is 0. The van der Waals surface area contributed by atoms with Crippen LogP contribution in [0.2, 0.25) is 0 Å². The molecule has 0 heterocycles. The first kappa shape index (κ1) is 8.40. The molecule has 0 rings (SSSR count). The van der Waals surface area contributed by atoms with E-state index in [0.717, 1.165) is 4.31 Å². The Bertz CT molecular complexity index is 211. The Morgan fingerprint density at radius 3 is 2.11 bits per heavy atom. The van der Waals surface area contributed by atoms with Crippen LogP contribution in [-0.2, 0) is 10.0 Å². The van der Waals surface area contributed by atoms with Crippen LogP contribution in [-0.4, -0.2) is 32.6 Å². The summed E-state index contributed by atoms with van der Waals surface area (Å²) in [4.78, 5) is 0. The van der Waals surface area contributed by atoms with Gasteiger partial charge in [0.15, 0.2) is 5.75 Å².